The van der Waals surface area contributed by atoms with Gasteiger partial charge in [-0.2, -0.15) is 0 Å². The second-order valence-corrected chi connectivity index (χ2v) is 7.49. The molecule has 0 radical (unpaired) electrons. The molecule has 8 heteroatoms. The molecule has 2 N–H and O–H groups in total. The highest BCUT2D eigenvalue weighted by molar-refractivity contribution is 7.21. The number of nitrogens with zero attached hydrogens (tertiary/aromatic N) is 3. The van der Waals surface area contributed by atoms with E-state index in [1.54, 1.807) is 11.0 Å². The van der Waals surface area contributed by atoms with E-state index in [1.165, 1.54) is 11.3 Å². The largest absolute Gasteiger partial charge is 0.472 e. The molecule has 1 atom stereocenters. The van der Waals surface area contributed by atoms with E-state index in [0.29, 0.717) is 24.1 Å². The number of aromatic nitrogens is 2. The summed E-state index contributed by atoms with van der Waals surface area (Å²) in [6.07, 6.45) is 0.365. The van der Waals surface area contributed by atoms with Crippen LogP contribution in [0.4, 0.5) is 9.93 Å². The topological polar surface area (TPSA) is 90.6 Å². The monoisotopic (exact) mass is 336 g/mol. The van der Waals surface area contributed by atoms with Gasteiger partial charge in [0.15, 0.2) is 5.13 Å². The van der Waals surface area contributed by atoms with Gasteiger partial charge in [0.25, 0.3) is 0 Å². The van der Waals surface area contributed by atoms with Gasteiger partial charge in [0, 0.05) is 19.0 Å². The zero-order valence-electron chi connectivity index (χ0n) is 13.4. The lowest BCUT2D eigenvalue weighted by Gasteiger charge is -2.24. The van der Waals surface area contributed by atoms with Crippen molar-refractivity contribution in [1.82, 2.24) is 14.9 Å². The van der Waals surface area contributed by atoms with Crippen molar-refractivity contribution in [2.45, 2.75) is 38.9 Å². The first-order valence-electron chi connectivity index (χ1n) is 7.48. The number of hydrogen-bond donors (Lipinski definition) is 1. The summed E-state index contributed by atoms with van der Waals surface area (Å²) in [6.45, 7) is 6.69. The van der Waals surface area contributed by atoms with Crippen LogP contribution in [-0.2, 0) is 4.74 Å². The molecule has 0 spiro atoms. The average Bonchev–Trinajstić information content (AvgIpc) is 3.02. The molecule has 0 bridgehead atoms. The Morgan fingerprint density at radius 2 is 2.17 bits per heavy atom. The number of rotatable bonds is 2. The van der Waals surface area contributed by atoms with Crippen LogP contribution in [0.2, 0.25) is 0 Å². The number of likely N-dealkylation sites (tertiary alicyclic amines) is 1. The second kappa shape index (κ2) is 5.84. The minimum atomic E-state index is -0.491. The van der Waals surface area contributed by atoms with Crippen molar-refractivity contribution in [3.63, 3.8) is 0 Å². The molecule has 7 nitrogen and oxygen atoms in total. The number of thiazole rings is 1. The van der Waals surface area contributed by atoms with Crippen LogP contribution < -0.4 is 10.5 Å². The van der Waals surface area contributed by atoms with Crippen molar-refractivity contribution >= 4 is 32.9 Å². The van der Waals surface area contributed by atoms with Crippen LogP contribution >= 0.6 is 11.3 Å². The molecule has 23 heavy (non-hydrogen) atoms. The average molecular weight is 336 g/mol. The molecule has 2 aromatic rings. The van der Waals surface area contributed by atoms with Gasteiger partial charge in [-0.3, -0.25) is 0 Å². The number of ether oxygens (including phenoxy) is 2. The molecular formula is C15H20N4O3S. The minimum Gasteiger partial charge on any atom is -0.472 e. The fraction of sp³-hybridized carbons (Fsp3) is 0.533. The molecule has 1 aliphatic rings. The number of carbonyl (C=O) groups is 1. The molecule has 0 aliphatic carbocycles. The first-order chi connectivity index (χ1) is 10.8. The number of pyridine rings is 1. The molecule has 0 unspecified atom stereocenters. The summed E-state index contributed by atoms with van der Waals surface area (Å²) in [6, 6.07) is 3.61. The van der Waals surface area contributed by atoms with Gasteiger partial charge < -0.3 is 20.1 Å². The van der Waals surface area contributed by atoms with Crippen molar-refractivity contribution in [2.24, 2.45) is 0 Å². The quantitative estimate of drug-likeness (QED) is 0.906. The number of nitrogen functional groups attached to an aromatic ring is 1. The van der Waals surface area contributed by atoms with Gasteiger partial charge in [-0.15, -0.1) is 0 Å². The van der Waals surface area contributed by atoms with Crippen LogP contribution in [0.25, 0.3) is 10.3 Å². The summed E-state index contributed by atoms with van der Waals surface area (Å²) >= 11 is 1.33. The number of hydrogen-bond acceptors (Lipinski definition) is 7. The molecule has 1 saturated heterocycles. The van der Waals surface area contributed by atoms with Crippen LogP contribution in [0.5, 0.6) is 5.88 Å². The smallest absolute Gasteiger partial charge is 0.410 e. The van der Waals surface area contributed by atoms with Gasteiger partial charge in [-0.05, 0) is 26.8 Å². The number of nitrogens with two attached hydrogens (primary N) is 1. The van der Waals surface area contributed by atoms with Crippen molar-refractivity contribution in [2.75, 3.05) is 18.8 Å². The molecule has 1 amide bonds. The van der Waals surface area contributed by atoms with Crippen LogP contribution in [0.1, 0.15) is 27.2 Å². The summed E-state index contributed by atoms with van der Waals surface area (Å²) in [4.78, 5) is 23.0. The first kappa shape index (κ1) is 15.8. The Bertz CT molecular complexity index is 725. The summed E-state index contributed by atoms with van der Waals surface area (Å²) in [7, 11) is 0. The van der Waals surface area contributed by atoms with E-state index in [2.05, 4.69) is 9.97 Å². The summed E-state index contributed by atoms with van der Waals surface area (Å²) in [5.41, 5.74) is 5.95. The molecule has 2 aromatic heterocycles. The third-order valence-corrected chi connectivity index (χ3v) is 4.12. The van der Waals surface area contributed by atoms with E-state index in [4.69, 9.17) is 15.2 Å². The Kier molecular flexibility index (Phi) is 4.01. The standard InChI is InChI=1S/C15H20N4O3S/c1-15(2,3)22-14(20)19-7-6-9(8-19)21-11-5-4-10-12(18-11)23-13(16)17-10/h4-5,9H,6-8H2,1-3H3,(H2,16,17)/t9-/m0/s1. The van der Waals surface area contributed by atoms with Crippen LogP contribution in [-0.4, -0.2) is 45.8 Å². The Morgan fingerprint density at radius 1 is 1.39 bits per heavy atom. The molecule has 1 aliphatic heterocycles. The Balaban J connectivity index is 1.61. The third-order valence-electron chi connectivity index (χ3n) is 3.33. The van der Waals surface area contributed by atoms with E-state index in [9.17, 15) is 4.79 Å². The molecule has 0 aromatic carbocycles. The van der Waals surface area contributed by atoms with Gasteiger partial charge >= 0.3 is 6.09 Å². The van der Waals surface area contributed by atoms with Crippen LogP contribution in [0, 0.1) is 0 Å². The van der Waals surface area contributed by atoms with Crippen molar-refractivity contribution in [3.05, 3.63) is 12.1 Å². The second-order valence-electron chi connectivity index (χ2n) is 6.48. The predicted molar refractivity (Wildman–Crippen MR) is 88.7 cm³/mol. The zero-order chi connectivity index (χ0) is 16.6. The SMILES string of the molecule is CC(C)(C)OC(=O)N1CC[C@H](Oc2ccc3nc(N)sc3n2)C1. The van der Waals surface area contributed by atoms with Gasteiger partial charge in [-0.1, -0.05) is 11.3 Å². The minimum absolute atomic E-state index is 0.0854. The van der Waals surface area contributed by atoms with Crippen LogP contribution in [0.3, 0.4) is 0 Å². The highest BCUT2D eigenvalue weighted by atomic mass is 32.1. The van der Waals surface area contributed by atoms with Gasteiger partial charge in [0.05, 0.1) is 6.54 Å². The van der Waals surface area contributed by atoms with Crippen molar-refractivity contribution in [1.29, 1.82) is 0 Å². The molecule has 3 rings (SSSR count). The number of anilines is 1. The lowest BCUT2D eigenvalue weighted by molar-refractivity contribution is 0.0275. The maximum atomic E-state index is 12.0. The fourth-order valence-electron chi connectivity index (χ4n) is 2.37. The molecule has 3 heterocycles. The zero-order valence-corrected chi connectivity index (χ0v) is 14.2. The maximum absolute atomic E-state index is 12.0. The maximum Gasteiger partial charge on any atom is 0.410 e. The fourth-order valence-corrected chi connectivity index (χ4v) is 3.07. The van der Waals surface area contributed by atoms with E-state index < -0.39 is 5.60 Å². The van der Waals surface area contributed by atoms with Crippen LogP contribution in [0.15, 0.2) is 12.1 Å². The van der Waals surface area contributed by atoms with E-state index in [1.807, 2.05) is 26.8 Å². The van der Waals surface area contributed by atoms with Gasteiger partial charge in [-0.25, -0.2) is 14.8 Å². The van der Waals surface area contributed by atoms with Gasteiger partial charge in [0.2, 0.25) is 5.88 Å². The third kappa shape index (κ3) is 3.82. The highest BCUT2D eigenvalue weighted by Crippen LogP contribution is 2.25. The molecular weight excluding hydrogens is 316 g/mol. The first-order valence-corrected chi connectivity index (χ1v) is 8.29. The number of amides is 1. The lowest BCUT2D eigenvalue weighted by Crippen LogP contribution is -2.36. The molecule has 124 valence electrons. The Hall–Kier alpha value is -2.09. The van der Waals surface area contributed by atoms with Crippen molar-refractivity contribution in [3.8, 4) is 5.88 Å². The van der Waals surface area contributed by atoms with Gasteiger partial charge in [0.1, 0.15) is 22.1 Å². The Morgan fingerprint density at radius 3 is 2.91 bits per heavy atom. The highest BCUT2D eigenvalue weighted by Gasteiger charge is 2.31. The van der Waals surface area contributed by atoms with E-state index >= 15 is 0 Å². The van der Waals surface area contributed by atoms with Crippen molar-refractivity contribution < 1.29 is 14.3 Å². The predicted octanol–water partition coefficient (Wildman–Crippen LogP) is 2.66. The summed E-state index contributed by atoms with van der Waals surface area (Å²) < 4.78 is 11.3. The Labute approximate surface area is 138 Å². The lowest BCUT2D eigenvalue weighted by atomic mass is 10.2. The summed E-state index contributed by atoms with van der Waals surface area (Å²) in [5, 5.41) is 0.488. The summed E-state index contributed by atoms with van der Waals surface area (Å²) in [5.74, 6) is 0.525. The molecule has 0 saturated carbocycles. The normalized spacial score (nSPS) is 18.4. The van der Waals surface area contributed by atoms with E-state index in [0.717, 1.165) is 16.8 Å². The molecule has 1 fully saturated rings. The van der Waals surface area contributed by atoms with E-state index in [-0.39, 0.29) is 12.2 Å². The number of carbonyl (C=O) groups excluding carboxylic acids is 1. The number of fused-ring (bicyclic) bond motifs is 1.